The molecule has 0 aromatic carbocycles. The summed E-state index contributed by atoms with van der Waals surface area (Å²) in [6.07, 6.45) is 5.23. The van der Waals surface area contributed by atoms with Crippen LogP contribution < -0.4 is 5.73 Å². The summed E-state index contributed by atoms with van der Waals surface area (Å²) in [6, 6.07) is 5.62. The van der Waals surface area contributed by atoms with Crippen LogP contribution >= 0.6 is 0 Å². The Labute approximate surface area is 82.4 Å². The first kappa shape index (κ1) is 8.90. The van der Waals surface area contributed by atoms with Crippen LogP contribution in [0, 0.1) is 0 Å². The lowest BCUT2D eigenvalue weighted by Gasteiger charge is -2.11. The van der Waals surface area contributed by atoms with E-state index in [1.807, 2.05) is 25.2 Å². The summed E-state index contributed by atoms with van der Waals surface area (Å²) in [5, 5.41) is 4.08. The van der Waals surface area contributed by atoms with Crippen molar-refractivity contribution in [3.05, 3.63) is 48.0 Å². The van der Waals surface area contributed by atoms with E-state index < -0.39 is 0 Å². The second kappa shape index (κ2) is 3.59. The SMILES string of the molecule is Cn1nccc1C(N)c1ccncc1. The van der Waals surface area contributed by atoms with Crippen LogP contribution in [0.25, 0.3) is 0 Å². The van der Waals surface area contributed by atoms with Gasteiger partial charge in [-0.1, -0.05) is 0 Å². The van der Waals surface area contributed by atoms with Gasteiger partial charge in [0.1, 0.15) is 0 Å². The van der Waals surface area contributed by atoms with Gasteiger partial charge in [0.25, 0.3) is 0 Å². The molecule has 0 aliphatic heterocycles. The fraction of sp³-hybridized carbons (Fsp3) is 0.200. The van der Waals surface area contributed by atoms with E-state index in [0.29, 0.717) is 0 Å². The predicted molar refractivity (Wildman–Crippen MR) is 53.5 cm³/mol. The molecule has 2 rings (SSSR count). The Hall–Kier alpha value is -1.68. The number of nitrogens with zero attached hydrogens (tertiary/aromatic N) is 3. The molecule has 1 unspecified atom stereocenters. The van der Waals surface area contributed by atoms with Gasteiger partial charge in [0.2, 0.25) is 0 Å². The molecule has 2 aromatic heterocycles. The molecule has 1 atom stereocenters. The number of hydrogen-bond acceptors (Lipinski definition) is 3. The second-order valence-electron chi connectivity index (χ2n) is 3.14. The van der Waals surface area contributed by atoms with E-state index in [9.17, 15) is 0 Å². The van der Waals surface area contributed by atoms with E-state index in [0.717, 1.165) is 11.3 Å². The predicted octanol–water partition coefficient (Wildman–Crippen LogP) is 0.863. The lowest BCUT2D eigenvalue weighted by atomic mass is 10.1. The van der Waals surface area contributed by atoms with Crippen molar-refractivity contribution in [1.29, 1.82) is 0 Å². The second-order valence-corrected chi connectivity index (χ2v) is 3.14. The molecule has 0 amide bonds. The van der Waals surface area contributed by atoms with Gasteiger partial charge < -0.3 is 5.73 Å². The van der Waals surface area contributed by atoms with Gasteiger partial charge in [0, 0.05) is 25.6 Å². The van der Waals surface area contributed by atoms with Crippen molar-refractivity contribution in [2.75, 3.05) is 0 Å². The maximum absolute atomic E-state index is 6.07. The topological polar surface area (TPSA) is 56.7 Å². The van der Waals surface area contributed by atoms with E-state index in [2.05, 4.69) is 10.1 Å². The van der Waals surface area contributed by atoms with Crippen molar-refractivity contribution in [1.82, 2.24) is 14.8 Å². The lowest BCUT2D eigenvalue weighted by Crippen LogP contribution is -2.15. The molecule has 72 valence electrons. The van der Waals surface area contributed by atoms with Crippen LogP contribution in [0.5, 0.6) is 0 Å². The van der Waals surface area contributed by atoms with Gasteiger partial charge >= 0.3 is 0 Å². The van der Waals surface area contributed by atoms with Gasteiger partial charge in [-0.25, -0.2) is 0 Å². The van der Waals surface area contributed by atoms with Crippen LogP contribution in [0.4, 0.5) is 0 Å². The van der Waals surface area contributed by atoms with E-state index in [-0.39, 0.29) is 6.04 Å². The molecule has 4 nitrogen and oxygen atoms in total. The van der Waals surface area contributed by atoms with Crippen molar-refractivity contribution in [2.45, 2.75) is 6.04 Å². The van der Waals surface area contributed by atoms with E-state index in [4.69, 9.17) is 5.73 Å². The van der Waals surface area contributed by atoms with Gasteiger partial charge in [-0.2, -0.15) is 5.10 Å². The first-order chi connectivity index (χ1) is 6.79. The molecular formula is C10H12N4. The maximum atomic E-state index is 6.07. The highest BCUT2D eigenvalue weighted by molar-refractivity contribution is 5.24. The van der Waals surface area contributed by atoms with Gasteiger partial charge in [-0.15, -0.1) is 0 Å². The molecule has 14 heavy (non-hydrogen) atoms. The Kier molecular flexibility index (Phi) is 2.28. The third-order valence-electron chi connectivity index (χ3n) is 2.24. The maximum Gasteiger partial charge on any atom is 0.0724 e. The monoisotopic (exact) mass is 188 g/mol. The quantitative estimate of drug-likeness (QED) is 0.760. The fourth-order valence-corrected chi connectivity index (χ4v) is 1.43. The minimum absolute atomic E-state index is 0.134. The molecular weight excluding hydrogens is 176 g/mol. The van der Waals surface area contributed by atoms with Crippen LogP contribution in [0.15, 0.2) is 36.8 Å². The van der Waals surface area contributed by atoms with E-state index in [1.54, 1.807) is 23.3 Å². The molecule has 2 heterocycles. The zero-order valence-electron chi connectivity index (χ0n) is 7.96. The average molecular weight is 188 g/mol. The van der Waals surface area contributed by atoms with Crippen molar-refractivity contribution in [2.24, 2.45) is 12.8 Å². The van der Waals surface area contributed by atoms with Crippen molar-refractivity contribution < 1.29 is 0 Å². The fourth-order valence-electron chi connectivity index (χ4n) is 1.43. The Morgan fingerprint density at radius 1 is 1.21 bits per heavy atom. The normalized spacial score (nSPS) is 12.7. The first-order valence-electron chi connectivity index (χ1n) is 4.42. The van der Waals surface area contributed by atoms with Crippen LogP contribution in [-0.2, 0) is 7.05 Å². The third kappa shape index (κ3) is 1.52. The largest absolute Gasteiger partial charge is 0.319 e. The lowest BCUT2D eigenvalue weighted by molar-refractivity contribution is 0.673. The minimum atomic E-state index is -0.134. The Morgan fingerprint density at radius 2 is 1.93 bits per heavy atom. The molecule has 0 saturated carbocycles. The van der Waals surface area contributed by atoms with E-state index >= 15 is 0 Å². The first-order valence-corrected chi connectivity index (χ1v) is 4.42. The zero-order chi connectivity index (χ0) is 9.97. The number of aryl methyl sites for hydroxylation is 1. The molecule has 2 N–H and O–H groups in total. The molecule has 0 fully saturated rings. The number of rotatable bonds is 2. The Bertz CT molecular complexity index is 407. The van der Waals surface area contributed by atoms with Gasteiger partial charge in [-0.05, 0) is 23.8 Å². The van der Waals surface area contributed by atoms with Crippen molar-refractivity contribution in [3.63, 3.8) is 0 Å². The number of nitrogens with two attached hydrogens (primary N) is 1. The van der Waals surface area contributed by atoms with Gasteiger partial charge in [0.05, 0.1) is 11.7 Å². The molecule has 0 radical (unpaired) electrons. The highest BCUT2D eigenvalue weighted by Gasteiger charge is 2.11. The molecule has 0 bridgehead atoms. The smallest absolute Gasteiger partial charge is 0.0724 e. The van der Waals surface area contributed by atoms with Crippen molar-refractivity contribution in [3.8, 4) is 0 Å². The summed E-state index contributed by atoms with van der Waals surface area (Å²) in [5.41, 5.74) is 8.11. The average Bonchev–Trinajstić information content (AvgIpc) is 2.65. The molecule has 0 spiro atoms. The number of pyridine rings is 1. The molecule has 0 aliphatic rings. The van der Waals surface area contributed by atoms with Crippen molar-refractivity contribution >= 4 is 0 Å². The molecule has 4 heteroatoms. The standard InChI is InChI=1S/C10H12N4/c1-14-9(4-7-13-14)10(11)8-2-5-12-6-3-8/h2-7,10H,11H2,1H3. The van der Waals surface area contributed by atoms with Crippen LogP contribution in [-0.4, -0.2) is 14.8 Å². The summed E-state index contributed by atoms with van der Waals surface area (Å²) in [7, 11) is 1.89. The summed E-state index contributed by atoms with van der Waals surface area (Å²) in [5.74, 6) is 0. The van der Waals surface area contributed by atoms with Crippen LogP contribution in [0.2, 0.25) is 0 Å². The van der Waals surface area contributed by atoms with Gasteiger partial charge in [0.15, 0.2) is 0 Å². The highest BCUT2D eigenvalue weighted by Crippen LogP contribution is 2.17. The van der Waals surface area contributed by atoms with E-state index in [1.165, 1.54) is 0 Å². The van der Waals surface area contributed by atoms with Gasteiger partial charge in [-0.3, -0.25) is 9.67 Å². The molecule has 2 aromatic rings. The summed E-state index contributed by atoms with van der Waals surface area (Å²) < 4.78 is 1.78. The zero-order valence-corrected chi connectivity index (χ0v) is 7.96. The summed E-state index contributed by atoms with van der Waals surface area (Å²) >= 11 is 0. The Morgan fingerprint density at radius 3 is 2.50 bits per heavy atom. The molecule has 0 aliphatic carbocycles. The Balaban J connectivity index is 2.34. The van der Waals surface area contributed by atoms with Crippen LogP contribution in [0.3, 0.4) is 0 Å². The highest BCUT2D eigenvalue weighted by atomic mass is 15.3. The third-order valence-corrected chi connectivity index (χ3v) is 2.24. The van der Waals surface area contributed by atoms with Crippen LogP contribution in [0.1, 0.15) is 17.3 Å². The summed E-state index contributed by atoms with van der Waals surface area (Å²) in [4.78, 5) is 3.95. The number of hydrogen-bond donors (Lipinski definition) is 1. The number of aromatic nitrogens is 3. The molecule has 0 saturated heterocycles. The minimum Gasteiger partial charge on any atom is -0.319 e. The summed E-state index contributed by atoms with van der Waals surface area (Å²) in [6.45, 7) is 0.